The van der Waals surface area contributed by atoms with Gasteiger partial charge in [-0.3, -0.25) is 4.98 Å². The molecule has 21 heavy (non-hydrogen) atoms. The molecule has 2 aromatic heterocycles. The lowest BCUT2D eigenvalue weighted by Gasteiger charge is -2.21. The first-order valence-corrected chi connectivity index (χ1v) is 7.01. The summed E-state index contributed by atoms with van der Waals surface area (Å²) in [6.07, 6.45) is 1.77. The van der Waals surface area contributed by atoms with Crippen molar-refractivity contribution in [2.75, 3.05) is 35.7 Å². The topological polar surface area (TPSA) is 84.1 Å². The van der Waals surface area contributed by atoms with E-state index < -0.39 is 0 Å². The molecule has 7 nitrogen and oxygen atoms in total. The molecule has 112 valence electrons. The maximum Gasteiger partial charge on any atom is 0.232 e. The van der Waals surface area contributed by atoms with Gasteiger partial charge in [0.1, 0.15) is 0 Å². The van der Waals surface area contributed by atoms with Crippen LogP contribution in [0.5, 0.6) is 0 Å². The molecule has 7 heteroatoms. The number of rotatable bonds is 6. The molecule has 0 unspecified atom stereocenters. The van der Waals surface area contributed by atoms with Gasteiger partial charge in [-0.1, -0.05) is 6.07 Å². The second-order valence-corrected chi connectivity index (χ2v) is 4.64. The monoisotopic (exact) mass is 287 g/mol. The Morgan fingerprint density at radius 3 is 2.38 bits per heavy atom. The highest BCUT2D eigenvalue weighted by molar-refractivity contribution is 5.43. The van der Waals surface area contributed by atoms with Crippen LogP contribution in [0.1, 0.15) is 19.5 Å². The Hall–Kier alpha value is -2.44. The van der Waals surface area contributed by atoms with Crippen molar-refractivity contribution in [1.29, 1.82) is 0 Å². The summed E-state index contributed by atoms with van der Waals surface area (Å²) in [4.78, 5) is 21.2. The van der Waals surface area contributed by atoms with E-state index in [1.807, 2.05) is 35.0 Å². The molecule has 0 aliphatic carbocycles. The van der Waals surface area contributed by atoms with Crippen LogP contribution < -0.4 is 15.5 Å². The second kappa shape index (κ2) is 6.83. The third-order valence-corrected chi connectivity index (χ3v) is 3.14. The molecule has 2 aromatic rings. The third kappa shape index (κ3) is 3.77. The Kier molecular flexibility index (Phi) is 4.86. The van der Waals surface area contributed by atoms with Crippen molar-refractivity contribution in [2.45, 2.75) is 20.4 Å². The minimum Gasteiger partial charge on any atom is -0.368 e. The number of hydrogen-bond acceptors (Lipinski definition) is 7. The highest BCUT2D eigenvalue weighted by atomic mass is 15.3. The molecule has 0 bridgehead atoms. The van der Waals surface area contributed by atoms with Gasteiger partial charge in [0.05, 0.1) is 12.2 Å². The van der Waals surface area contributed by atoms with Gasteiger partial charge in [-0.25, -0.2) is 0 Å². The summed E-state index contributed by atoms with van der Waals surface area (Å²) in [5, 5.41) is 0. The number of pyridine rings is 1. The van der Waals surface area contributed by atoms with Crippen LogP contribution >= 0.6 is 0 Å². The normalized spacial score (nSPS) is 10.4. The van der Waals surface area contributed by atoms with E-state index in [0.717, 1.165) is 18.8 Å². The minimum absolute atomic E-state index is 0.231. The number of nitrogens with two attached hydrogens (primary N) is 1. The van der Waals surface area contributed by atoms with Gasteiger partial charge in [-0.05, 0) is 26.0 Å². The molecule has 0 saturated carbocycles. The minimum atomic E-state index is 0.231. The predicted molar refractivity (Wildman–Crippen MR) is 84.1 cm³/mol. The van der Waals surface area contributed by atoms with Gasteiger partial charge in [-0.2, -0.15) is 15.0 Å². The largest absolute Gasteiger partial charge is 0.368 e. The average Bonchev–Trinajstić information content (AvgIpc) is 2.49. The van der Waals surface area contributed by atoms with Crippen LogP contribution in [0.15, 0.2) is 24.4 Å². The summed E-state index contributed by atoms with van der Waals surface area (Å²) in [6, 6.07) is 5.81. The molecule has 2 rings (SSSR count). The molecule has 0 radical (unpaired) electrons. The van der Waals surface area contributed by atoms with E-state index in [1.54, 1.807) is 6.20 Å². The van der Waals surface area contributed by atoms with Crippen LogP contribution in [0.2, 0.25) is 0 Å². The Morgan fingerprint density at radius 1 is 1.05 bits per heavy atom. The zero-order valence-electron chi connectivity index (χ0n) is 12.7. The first-order chi connectivity index (χ1) is 10.1. The van der Waals surface area contributed by atoms with Crippen LogP contribution in [-0.2, 0) is 6.54 Å². The van der Waals surface area contributed by atoms with Gasteiger partial charge < -0.3 is 15.5 Å². The molecule has 0 aromatic carbocycles. The number of hydrogen-bond donors (Lipinski definition) is 1. The van der Waals surface area contributed by atoms with Crippen molar-refractivity contribution >= 4 is 17.8 Å². The van der Waals surface area contributed by atoms with Crippen LogP contribution in [0.4, 0.5) is 17.8 Å². The molecule has 0 aliphatic rings. The number of anilines is 3. The molecular weight excluding hydrogens is 266 g/mol. The number of aromatic nitrogens is 4. The fraction of sp³-hybridized carbons (Fsp3) is 0.429. The van der Waals surface area contributed by atoms with Crippen molar-refractivity contribution in [3.8, 4) is 0 Å². The predicted octanol–water partition coefficient (Wildman–Crippen LogP) is 1.33. The lowest BCUT2D eigenvalue weighted by Crippen LogP contribution is -2.27. The maximum absolute atomic E-state index is 5.81. The van der Waals surface area contributed by atoms with Crippen molar-refractivity contribution in [3.63, 3.8) is 0 Å². The summed E-state index contributed by atoms with van der Waals surface area (Å²) in [5.74, 6) is 1.39. The van der Waals surface area contributed by atoms with E-state index in [4.69, 9.17) is 5.73 Å². The standard InChI is InChI=1S/C14H21N7/c1-4-21(5-2)14-18-12(15)17-13(19-14)20(3)10-11-8-6-7-9-16-11/h6-9H,4-5,10H2,1-3H3,(H2,15,17,18,19). The highest BCUT2D eigenvalue weighted by Crippen LogP contribution is 2.15. The van der Waals surface area contributed by atoms with Crippen molar-refractivity contribution < 1.29 is 0 Å². The van der Waals surface area contributed by atoms with Crippen LogP contribution in [0.3, 0.4) is 0 Å². The molecule has 0 fully saturated rings. The van der Waals surface area contributed by atoms with E-state index in [1.165, 1.54) is 0 Å². The maximum atomic E-state index is 5.81. The lowest BCUT2D eigenvalue weighted by molar-refractivity contribution is 0.788. The molecule has 2 heterocycles. The molecule has 0 spiro atoms. The lowest BCUT2D eigenvalue weighted by atomic mass is 10.3. The zero-order chi connectivity index (χ0) is 15.2. The third-order valence-electron chi connectivity index (χ3n) is 3.14. The Bertz CT molecular complexity index is 569. The summed E-state index contributed by atoms with van der Waals surface area (Å²) in [6.45, 7) is 6.37. The smallest absolute Gasteiger partial charge is 0.232 e. The molecule has 0 atom stereocenters. The van der Waals surface area contributed by atoms with Crippen LogP contribution in [0.25, 0.3) is 0 Å². The molecule has 0 saturated heterocycles. The fourth-order valence-electron chi connectivity index (χ4n) is 1.99. The summed E-state index contributed by atoms with van der Waals surface area (Å²) in [7, 11) is 1.91. The van der Waals surface area contributed by atoms with Crippen molar-refractivity contribution in [3.05, 3.63) is 30.1 Å². The van der Waals surface area contributed by atoms with Crippen molar-refractivity contribution in [1.82, 2.24) is 19.9 Å². The first-order valence-electron chi connectivity index (χ1n) is 7.01. The van der Waals surface area contributed by atoms with Gasteiger partial charge in [0.25, 0.3) is 0 Å². The number of nitrogen functional groups attached to an aromatic ring is 1. The van der Waals surface area contributed by atoms with E-state index in [-0.39, 0.29) is 5.95 Å². The second-order valence-electron chi connectivity index (χ2n) is 4.64. The Morgan fingerprint density at radius 2 is 1.76 bits per heavy atom. The highest BCUT2D eigenvalue weighted by Gasteiger charge is 2.13. The average molecular weight is 287 g/mol. The first kappa shape index (κ1) is 15.0. The van der Waals surface area contributed by atoms with Crippen LogP contribution in [-0.4, -0.2) is 40.1 Å². The number of nitrogens with zero attached hydrogens (tertiary/aromatic N) is 6. The summed E-state index contributed by atoms with van der Waals surface area (Å²) < 4.78 is 0. The van der Waals surface area contributed by atoms with Gasteiger partial charge in [-0.15, -0.1) is 0 Å². The molecule has 0 aliphatic heterocycles. The van der Waals surface area contributed by atoms with E-state index in [9.17, 15) is 0 Å². The van der Waals surface area contributed by atoms with Gasteiger partial charge in [0, 0.05) is 26.3 Å². The quantitative estimate of drug-likeness (QED) is 0.858. The molecule has 0 amide bonds. The SMILES string of the molecule is CCN(CC)c1nc(N)nc(N(C)Cc2ccccn2)n1. The zero-order valence-corrected chi connectivity index (χ0v) is 12.7. The summed E-state index contributed by atoms with van der Waals surface area (Å²) >= 11 is 0. The van der Waals surface area contributed by atoms with E-state index in [2.05, 4.69) is 33.8 Å². The van der Waals surface area contributed by atoms with Gasteiger partial charge in [0.15, 0.2) is 0 Å². The Balaban J connectivity index is 2.22. The van der Waals surface area contributed by atoms with E-state index >= 15 is 0 Å². The van der Waals surface area contributed by atoms with Crippen molar-refractivity contribution in [2.24, 2.45) is 0 Å². The van der Waals surface area contributed by atoms with Gasteiger partial charge in [0.2, 0.25) is 17.8 Å². The Labute approximate surface area is 124 Å². The molecular formula is C14H21N7. The van der Waals surface area contributed by atoms with Crippen LogP contribution in [0, 0.1) is 0 Å². The molecule has 2 N–H and O–H groups in total. The summed E-state index contributed by atoms with van der Waals surface area (Å²) in [5.41, 5.74) is 6.75. The van der Waals surface area contributed by atoms with Gasteiger partial charge >= 0.3 is 0 Å². The fourth-order valence-corrected chi connectivity index (χ4v) is 1.99. The van der Waals surface area contributed by atoms with E-state index in [0.29, 0.717) is 18.4 Å².